The minimum Gasteiger partial charge on any atom is -0.349 e. The van der Waals surface area contributed by atoms with Crippen LogP contribution >= 0.6 is 0 Å². The second-order valence-electron chi connectivity index (χ2n) is 7.25. The van der Waals surface area contributed by atoms with E-state index in [4.69, 9.17) is 0 Å². The van der Waals surface area contributed by atoms with Crippen molar-refractivity contribution in [2.45, 2.75) is 51.9 Å². The Kier molecular flexibility index (Phi) is 6.42. The molecule has 1 N–H and O–H groups in total. The van der Waals surface area contributed by atoms with Crippen LogP contribution in [0.25, 0.3) is 0 Å². The zero-order valence-electron chi connectivity index (χ0n) is 16.9. The molecule has 0 spiro atoms. The van der Waals surface area contributed by atoms with Crippen LogP contribution in [0, 0.1) is 6.92 Å². The van der Waals surface area contributed by atoms with Gasteiger partial charge in [0, 0.05) is 31.9 Å². The van der Waals surface area contributed by atoms with Gasteiger partial charge in [-0.15, -0.1) is 0 Å². The molecule has 1 unspecified atom stereocenters. The average Bonchev–Trinajstić information content (AvgIpc) is 3.05. The van der Waals surface area contributed by atoms with Crippen molar-refractivity contribution in [3.05, 3.63) is 47.0 Å². The van der Waals surface area contributed by atoms with E-state index in [1.165, 1.54) is 6.92 Å². The van der Waals surface area contributed by atoms with Crippen molar-refractivity contribution in [2.75, 3.05) is 13.1 Å². The van der Waals surface area contributed by atoms with Crippen molar-refractivity contribution in [1.82, 2.24) is 25.0 Å². The van der Waals surface area contributed by atoms with Gasteiger partial charge in [0.15, 0.2) is 0 Å². The zero-order chi connectivity index (χ0) is 21.9. The smallest absolute Gasteiger partial charge is 0.349 e. The van der Waals surface area contributed by atoms with Crippen LogP contribution in [0.4, 0.5) is 13.2 Å². The number of aromatic nitrogens is 3. The van der Waals surface area contributed by atoms with Crippen molar-refractivity contribution in [3.63, 3.8) is 0 Å². The molecule has 2 aromatic heterocycles. The molecule has 1 aliphatic rings. The first kappa shape index (κ1) is 21.8. The number of pyridine rings is 1. The zero-order valence-corrected chi connectivity index (χ0v) is 16.9. The number of aryl methyl sites for hydroxylation is 2. The minimum absolute atomic E-state index is 0.0283. The van der Waals surface area contributed by atoms with E-state index in [1.54, 1.807) is 21.8 Å². The monoisotopic (exact) mass is 423 g/mol. The summed E-state index contributed by atoms with van der Waals surface area (Å²) in [5.41, 5.74) is -0.342. The molecular weight excluding hydrogens is 399 g/mol. The highest BCUT2D eigenvalue weighted by atomic mass is 19.4. The van der Waals surface area contributed by atoms with E-state index in [9.17, 15) is 22.8 Å². The maximum atomic E-state index is 12.8. The lowest BCUT2D eigenvalue weighted by Crippen LogP contribution is -2.37. The van der Waals surface area contributed by atoms with Gasteiger partial charge in [-0.05, 0) is 51.3 Å². The number of amides is 2. The first-order chi connectivity index (χ1) is 14.2. The molecule has 2 aromatic rings. The first-order valence-corrected chi connectivity index (χ1v) is 9.87. The molecule has 0 aromatic carbocycles. The molecule has 0 bridgehead atoms. The molecule has 10 heteroatoms. The maximum Gasteiger partial charge on any atom is 0.433 e. The number of likely N-dealkylation sites (tertiary alicyclic amines) is 1. The van der Waals surface area contributed by atoms with Crippen molar-refractivity contribution < 1.29 is 22.8 Å². The van der Waals surface area contributed by atoms with E-state index in [1.807, 2.05) is 6.92 Å². The molecule has 1 atom stereocenters. The van der Waals surface area contributed by atoms with Gasteiger partial charge >= 0.3 is 6.18 Å². The third kappa shape index (κ3) is 4.80. The molecule has 0 saturated carbocycles. The lowest BCUT2D eigenvalue weighted by Gasteiger charge is -2.21. The Labute approximate surface area is 172 Å². The van der Waals surface area contributed by atoms with Gasteiger partial charge < -0.3 is 10.2 Å². The predicted molar refractivity (Wildman–Crippen MR) is 103 cm³/mol. The summed E-state index contributed by atoms with van der Waals surface area (Å²) in [5, 5.41) is 7.00. The Morgan fingerprint density at radius 2 is 1.97 bits per heavy atom. The van der Waals surface area contributed by atoms with Gasteiger partial charge in [0.2, 0.25) is 0 Å². The maximum absolute atomic E-state index is 12.8. The summed E-state index contributed by atoms with van der Waals surface area (Å²) in [7, 11) is 0. The molecular formula is C20H24F3N5O2. The number of halogens is 3. The molecule has 7 nitrogen and oxygen atoms in total. The Balaban J connectivity index is 1.62. The third-order valence-electron chi connectivity index (χ3n) is 5.21. The van der Waals surface area contributed by atoms with Gasteiger partial charge in [-0.3, -0.25) is 14.3 Å². The molecule has 2 amide bonds. The average molecular weight is 423 g/mol. The van der Waals surface area contributed by atoms with E-state index >= 15 is 0 Å². The number of hydrogen-bond donors (Lipinski definition) is 1. The van der Waals surface area contributed by atoms with E-state index in [2.05, 4.69) is 15.4 Å². The molecule has 1 saturated heterocycles. The number of nitrogens with one attached hydrogen (secondary N) is 1. The summed E-state index contributed by atoms with van der Waals surface area (Å²) in [6.07, 6.45) is -1.01. The van der Waals surface area contributed by atoms with Gasteiger partial charge in [-0.25, -0.2) is 4.98 Å². The van der Waals surface area contributed by atoms with Crippen molar-refractivity contribution in [1.29, 1.82) is 0 Å². The highest BCUT2D eigenvalue weighted by Gasteiger charge is 2.33. The summed E-state index contributed by atoms with van der Waals surface area (Å²) in [6.45, 7) is 4.94. The van der Waals surface area contributed by atoms with Gasteiger partial charge in [0.1, 0.15) is 11.4 Å². The van der Waals surface area contributed by atoms with Crippen LogP contribution in [-0.2, 0) is 12.7 Å². The summed E-state index contributed by atoms with van der Waals surface area (Å²) in [5.74, 6) is -0.549. The van der Waals surface area contributed by atoms with Crippen molar-refractivity contribution in [3.8, 4) is 0 Å². The quantitative estimate of drug-likeness (QED) is 0.820. The molecule has 3 heterocycles. The predicted octanol–water partition coefficient (Wildman–Crippen LogP) is 3.05. The minimum atomic E-state index is -4.55. The van der Waals surface area contributed by atoms with Gasteiger partial charge in [0.05, 0.1) is 11.3 Å². The highest BCUT2D eigenvalue weighted by molar-refractivity contribution is 5.95. The Morgan fingerprint density at radius 1 is 1.20 bits per heavy atom. The van der Waals surface area contributed by atoms with Crippen LogP contribution in [0.15, 0.2) is 24.4 Å². The molecule has 0 radical (unpaired) electrons. The number of alkyl halides is 3. The SMILES string of the molecule is CCn1nccc1C(=O)N1CCCC(NC(=O)c2ccc(C(F)(F)F)nc2C)CC1. The number of carbonyl (C=O) groups excluding carboxylic acids is 2. The van der Waals surface area contributed by atoms with Crippen LogP contribution < -0.4 is 5.32 Å². The summed E-state index contributed by atoms with van der Waals surface area (Å²) < 4.78 is 40.0. The Bertz CT molecular complexity index is 925. The van der Waals surface area contributed by atoms with Crippen LogP contribution in [-0.4, -0.2) is 50.6 Å². The Morgan fingerprint density at radius 3 is 2.63 bits per heavy atom. The molecule has 1 aliphatic heterocycles. The fourth-order valence-electron chi connectivity index (χ4n) is 3.59. The Hall–Kier alpha value is -2.91. The van der Waals surface area contributed by atoms with Crippen LogP contribution in [0.5, 0.6) is 0 Å². The van der Waals surface area contributed by atoms with Crippen LogP contribution in [0.3, 0.4) is 0 Å². The lowest BCUT2D eigenvalue weighted by atomic mass is 10.1. The van der Waals surface area contributed by atoms with Crippen LogP contribution in [0.2, 0.25) is 0 Å². The highest BCUT2D eigenvalue weighted by Crippen LogP contribution is 2.28. The van der Waals surface area contributed by atoms with E-state index in [0.717, 1.165) is 12.1 Å². The van der Waals surface area contributed by atoms with Gasteiger partial charge in [0.25, 0.3) is 11.8 Å². The molecule has 162 valence electrons. The molecule has 0 aliphatic carbocycles. The molecule has 3 rings (SSSR count). The lowest BCUT2D eigenvalue weighted by molar-refractivity contribution is -0.141. The summed E-state index contributed by atoms with van der Waals surface area (Å²) in [4.78, 5) is 30.6. The first-order valence-electron chi connectivity index (χ1n) is 9.87. The summed E-state index contributed by atoms with van der Waals surface area (Å²) >= 11 is 0. The van der Waals surface area contributed by atoms with Gasteiger partial charge in [-0.1, -0.05) is 0 Å². The number of nitrogens with zero attached hydrogens (tertiary/aromatic N) is 4. The van der Waals surface area contributed by atoms with Gasteiger partial charge in [-0.2, -0.15) is 18.3 Å². The second kappa shape index (κ2) is 8.85. The number of hydrogen-bond acceptors (Lipinski definition) is 4. The fourth-order valence-corrected chi connectivity index (χ4v) is 3.59. The number of rotatable bonds is 4. The van der Waals surface area contributed by atoms with E-state index in [-0.39, 0.29) is 23.2 Å². The van der Waals surface area contributed by atoms with E-state index < -0.39 is 17.8 Å². The van der Waals surface area contributed by atoms with E-state index in [0.29, 0.717) is 44.6 Å². The van der Waals surface area contributed by atoms with Crippen molar-refractivity contribution >= 4 is 11.8 Å². The largest absolute Gasteiger partial charge is 0.433 e. The molecule has 1 fully saturated rings. The second-order valence-corrected chi connectivity index (χ2v) is 7.25. The standard InChI is InChI=1S/C20H24F3N5O2/c1-3-28-16(8-10-24-28)19(30)27-11-4-5-14(9-12-27)26-18(29)15-6-7-17(20(21,22)23)25-13(15)2/h6-8,10,14H,3-5,9,11-12H2,1-2H3,(H,26,29). The third-order valence-corrected chi connectivity index (χ3v) is 5.21. The fraction of sp³-hybridized carbons (Fsp3) is 0.500. The topological polar surface area (TPSA) is 80.1 Å². The number of carbonyl (C=O) groups is 2. The molecule has 30 heavy (non-hydrogen) atoms. The van der Waals surface area contributed by atoms with Crippen molar-refractivity contribution in [2.24, 2.45) is 0 Å². The van der Waals surface area contributed by atoms with Crippen LogP contribution in [0.1, 0.15) is 58.4 Å². The summed E-state index contributed by atoms with van der Waals surface area (Å²) in [6, 6.07) is 3.48. The normalized spacial score (nSPS) is 17.5.